The molecule has 2 saturated heterocycles. The lowest BCUT2D eigenvalue weighted by atomic mass is 9.83. The van der Waals surface area contributed by atoms with Gasteiger partial charge in [0, 0.05) is 10.5 Å². The molecule has 3 atom stereocenters. The Kier molecular flexibility index (Phi) is 2.16. The molecule has 2 aliphatic heterocycles. The minimum absolute atomic E-state index is 0.336. The molecule has 0 spiro atoms. The van der Waals surface area contributed by atoms with Gasteiger partial charge >= 0.3 is 0 Å². The maximum absolute atomic E-state index is 10.3. The van der Waals surface area contributed by atoms with E-state index in [0.29, 0.717) is 5.92 Å². The minimum Gasteiger partial charge on any atom is -0.390 e. The van der Waals surface area contributed by atoms with Crippen molar-refractivity contribution in [3.63, 3.8) is 0 Å². The van der Waals surface area contributed by atoms with E-state index in [4.69, 9.17) is 0 Å². The highest BCUT2D eigenvalue weighted by Crippen LogP contribution is 2.49. The summed E-state index contributed by atoms with van der Waals surface area (Å²) < 4.78 is 0. The Bertz CT molecular complexity index is 167. The van der Waals surface area contributed by atoms with Crippen LogP contribution in [0.1, 0.15) is 39.5 Å². The van der Waals surface area contributed by atoms with Gasteiger partial charge in [0.25, 0.3) is 0 Å². The lowest BCUT2D eigenvalue weighted by molar-refractivity contribution is -0.0196. The van der Waals surface area contributed by atoms with Crippen LogP contribution in [0, 0.1) is 5.92 Å². The lowest BCUT2D eigenvalue weighted by Gasteiger charge is -2.39. The number of aliphatic hydroxyl groups is 1. The van der Waals surface area contributed by atoms with Gasteiger partial charge in [0.2, 0.25) is 0 Å². The third kappa shape index (κ3) is 1.39. The van der Waals surface area contributed by atoms with Crippen molar-refractivity contribution >= 4 is 11.8 Å². The van der Waals surface area contributed by atoms with Crippen LogP contribution in [0.4, 0.5) is 0 Å². The third-order valence-corrected chi connectivity index (χ3v) is 5.01. The van der Waals surface area contributed by atoms with E-state index in [1.807, 2.05) is 0 Å². The van der Waals surface area contributed by atoms with E-state index in [0.717, 1.165) is 23.3 Å². The first kappa shape index (κ1) is 8.89. The largest absolute Gasteiger partial charge is 0.390 e. The van der Waals surface area contributed by atoms with E-state index < -0.39 is 0 Å². The molecule has 0 radical (unpaired) electrons. The summed E-state index contributed by atoms with van der Waals surface area (Å²) in [5.74, 6) is 0.432. The molecule has 70 valence electrons. The highest BCUT2D eigenvalue weighted by Gasteiger charge is 2.44. The molecule has 12 heavy (non-hydrogen) atoms. The van der Waals surface area contributed by atoms with Gasteiger partial charge in [-0.05, 0) is 31.6 Å². The van der Waals surface area contributed by atoms with E-state index in [-0.39, 0.29) is 5.60 Å². The number of hydrogen-bond acceptors (Lipinski definition) is 2. The number of thioether (sulfide) groups is 1. The molecule has 0 aliphatic carbocycles. The Morgan fingerprint density at radius 1 is 1.25 bits per heavy atom. The predicted octanol–water partition coefficient (Wildman–Crippen LogP) is 2.43. The van der Waals surface area contributed by atoms with E-state index in [2.05, 4.69) is 25.6 Å². The summed E-state index contributed by atoms with van der Waals surface area (Å²) in [6, 6.07) is 0. The lowest BCUT2D eigenvalue weighted by Crippen LogP contribution is -2.41. The van der Waals surface area contributed by atoms with Crippen LogP contribution in [0.2, 0.25) is 0 Å². The summed E-state index contributed by atoms with van der Waals surface area (Å²) in [5, 5.41) is 11.8. The van der Waals surface area contributed by atoms with Crippen molar-refractivity contribution in [1.29, 1.82) is 0 Å². The van der Waals surface area contributed by atoms with Crippen LogP contribution in [-0.4, -0.2) is 21.2 Å². The van der Waals surface area contributed by atoms with Crippen molar-refractivity contribution < 1.29 is 5.11 Å². The highest BCUT2D eigenvalue weighted by molar-refractivity contribution is 8.00. The average molecular weight is 186 g/mol. The monoisotopic (exact) mass is 186 g/mol. The molecular formula is C10H18OS. The van der Waals surface area contributed by atoms with Gasteiger partial charge < -0.3 is 5.11 Å². The smallest absolute Gasteiger partial charge is 0.0691 e. The van der Waals surface area contributed by atoms with Crippen molar-refractivity contribution in [3.05, 3.63) is 0 Å². The molecule has 0 aromatic heterocycles. The first-order chi connectivity index (χ1) is 5.60. The first-order valence-corrected chi connectivity index (χ1v) is 5.92. The summed E-state index contributed by atoms with van der Waals surface area (Å²) in [6.07, 6.45) is 4.74. The van der Waals surface area contributed by atoms with Crippen LogP contribution in [-0.2, 0) is 0 Å². The second kappa shape index (κ2) is 2.91. The first-order valence-electron chi connectivity index (χ1n) is 4.98. The fraction of sp³-hybridized carbons (Fsp3) is 1.00. The molecule has 1 N–H and O–H groups in total. The molecule has 2 rings (SSSR count). The SMILES string of the molecule is CC(C)C1(O)C[C@H]2CC[C@@H](C1)S2. The molecule has 0 aromatic rings. The fourth-order valence-electron chi connectivity index (χ4n) is 2.42. The standard InChI is InChI=1S/C10H18OS/c1-7(2)10(11)5-8-3-4-9(6-10)12-8/h7-9,11H,3-6H2,1-2H3/t8-,9+,10?. The quantitative estimate of drug-likeness (QED) is 0.678. The molecule has 2 bridgehead atoms. The minimum atomic E-state index is -0.336. The summed E-state index contributed by atoms with van der Waals surface area (Å²) >= 11 is 2.11. The van der Waals surface area contributed by atoms with Gasteiger partial charge in [-0.25, -0.2) is 0 Å². The molecule has 2 aliphatic rings. The Morgan fingerprint density at radius 2 is 1.75 bits per heavy atom. The second-order valence-corrected chi connectivity index (χ2v) is 6.23. The Balaban J connectivity index is 2.10. The zero-order chi connectivity index (χ0) is 8.77. The van der Waals surface area contributed by atoms with Gasteiger partial charge in [-0.15, -0.1) is 0 Å². The van der Waals surface area contributed by atoms with E-state index in [1.54, 1.807) is 0 Å². The molecule has 2 heterocycles. The summed E-state index contributed by atoms with van der Waals surface area (Å²) in [4.78, 5) is 0. The summed E-state index contributed by atoms with van der Waals surface area (Å²) in [7, 11) is 0. The van der Waals surface area contributed by atoms with Crippen LogP contribution >= 0.6 is 11.8 Å². The normalized spacial score (nSPS) is 47.0. The average Bonchev–Trinajstić information content (AvgIpc) is 2.30. The third-order valence-electron chi connectivity index (χ3n) is 3.43. The second-order valence-electron chi connectivity index (χ2n) is 4.62. The van der Waals surface area contributed by atoms with Crippen molar-refractivity contribution in [3.8, 4) is 0 Å². The van der Waals surface area contributed by atoms with Gasteiger partial charge in [0.05, 0.1) is 5.60 Å². The molecule has 0 saturated carbocycles. The van der Waals surface area contributed by atoms with Crippen LogP contribution < -0.4 is 0 Å². The van der Waals surface area contributed by atoms with Gasteiger partial charge in [0.1, 0.15) is 0 Å². The maximum atomic E-state index is 10.3. The molecule has 0 amide bonds. The van der Waals surface area contributed by atoms with Gasteiger partial charge in [-0.3, -0.25) is 0 Å². The van der Waals surface area contributed by atoms with Crippen LogP contribution in [0.3, 0.4) is 0 Å². The highest BCUT2D eigenvalue weighted by atomic mass is 32.2. The Labute approximate surface area is 78.9 Å². The van der Waals surface area contributed by atoms with Crippen molar-refractivity contribution in [2.24, 2.45) is 5.92 Å². The Hall–Kier alpha value is 0.310. The number of hydrogen-bond donors (Lipinski definition) is 1. The van der Waals surface area contributed by atoms with Crippen LogP contribution in [0.25, 0.3) is 0 Å². The molecule has 2 heteroatoms. The van der Waals surface area contributed by atoms with Crippen molar-refractivity contribution in [2.45, 2.75) is 55.6 Å². The summed E-state index contributed by atoms with van der Waals surface area (Å²) in [5.41, 5.74) is -0.336. The molecule has 1 nitrogen and oxygen atoms in total. The molecule has 0 aromatic carbocycles. The van der Waals surface area contributed by atoms with Crippen molar-refractivity contribution in [1.82, 2.24) is 0 Å². The topological polar surface area (TPSA) is 20.2 Å². The van der Waals surface area contributed by atoms with Gasteiger partial charge in [-0.2, -0.15) is 11.8 Å². The van der Waals surface area contributed by atoms with E-state index in [9.17, 15) is 5.11 Å². The molecular weight excluding hydrogens is 168 g/mol. The Morgan fingerprint density at radius 3 is 2.17 bits per heavy atom. The van der Waals surface area contributed by atoms with E-state index in [1.165, 1.54) is 12.8 Å². The summed E-state index contributed by atoms with van der Waals surface area (Å²) in [6.45, 7) is 4.30. The van der Waals surface area contributed by atoms with Crippen molar-refractivity contribution in [2.75, 3.05) is 0 Å². The number of rotatable bonds is 1. The van der Waals surface area contributed by atoms with Gasteiger partial charge in [-0.1, -0.05) is 13.8 Å². The predicted molar refractivity (Wildman–Crippen MR) is 53.4 cm³/mol. The van der Waals surface area contributed by atoms with Crippen LogP contribution in [0.5, 0.6) is 0 Å². The maximum Gasteiger partial charge on any atom is 0.0691 e. The fourth-order valence-corrected chi connectivity index (χ4v) is 4.28. The number of fused-ring (bicyclic) bond motifs is 2. The van der Waals surface area contributed by atoms with E-state index >= 15 is 0 Å². The molecule has 1 unspecified atom stereocenters. The van der Waals surface area contributed by atoms with Gasteiger partial charge in [0.15, 0.2) is 0 Å². The molecule has 2 fully saturated rings. The zero-order valence-electron chi connectivity index (χ0n) is 7.92. The van der Waals surface area contributed by atoms with Crippen LogP contribution in [0.15, 0.2) is 0 Å². The zero-order valence-corrected chi connectivity index (χ0v) is 8.73.